The number of piperidine rings is 1. The van der Waals surface area contributed by atoms with Crippen molar-refractivity contribution in [1.82, 2.24) is 9.88 Å². The Labute approximate surface area is 267 Å². The van der Waals surface area contributed by atoms with Gasteiger partial charge in [0, 0.05) is 38.3 Å². The van der Waals surface area contributed by atoms with Gasteiger partial charge in [-0.1, -0.05) is 0 Å². The van der Waals surface area contributed by atoms with Crippen LogP contribution in [0, 0.1) is 11.6 Å². The summed E-state index contributed by atoms with van der Waals surface area (Å²) in [6.45, 7) is 1.71. The lowest BCUT2D eigenvalue weighted by Crippen LogP contribution is -2.48. The fourth-order valence-corrected chi connectivity index (χ4v) is 6.10. The Hall–Kier alpha value is -4.92. The minimum Gasteiger partial charge on any atom is -0.492 e. The first-order valence-electron chi connectivity index (χ1n) is 15.2. The molecule has 1 aliphatic carbocycles. The molecule has 3 heterocycles. The van der Waals surface area contributed by atoms with Crippen LogP contribution in [0.5, 0.6) is 11.5 Å². The van der Waals surface area contributed by atoms with Gasteiger partial charge >= 0.3 is 12.1 Å². The average Bonchev–Trinajstić information content (AvgIpc) is 3.81. The molecule has 13 nitrogen and oxygen atoms in total. The smallest absolute Gasteiger partial charge is 0.414 e. The van der Waals surface area contributed by atoms with Gasteiger partial charge in [0.1, 0.15) is 29.6 Å². The van der Waals surface area contributed by atoms with E-state index in [9.17, 15) is 29.4 Å². The van der Waals surface area contributed by atoms with Crippen molar-refractivity contribution < 1.29 is 47.6 Å². The van der Waals surface area contributed by atoms with E-state index in [2.05, 4.69) is 5.32 Å². The molecule has 6 rings (SSSR count). The molecule has 1 saturated carbocycles. The second-order valence-corrected chi connectivity index (χ2v) is 12.1. The Kier molecular flexibility index (Phi) is 8.42. The zero-order valence-electron chi connectivity index (χ0n) is 25.8. The van der Waals surface area contributed by atoms with Crippen LogP contribution in [0.25, 0.3) is 10.9 Å². The van der Waals surface area contributed by atoms with E-state index in [1.54, 1.807) is 9.47 Å². The molecule has 3 aliphatic rings. The van der Waals surface area contributed by atoms with Crippen LogP contribution in [0.1, 0.15) is 49.0 Å². The van der Waals surface area contributed by atoms with Crippen molar-refractivity contribution in [3.63, 3.8) is 0 Å². The summed E-state index contributed by atoms with van der Waals surface area (Å²) in [5, 5.41) is 23.3. The maximum absolute atomic E-state index is 15.7. The molecule has 250 valence electrons. The average molecular weight is 657 g/mol. The number of carbonyl (C=O) groups is 3. The Morgan fingerprint density at radius 2 is 1.85 bits per heavy atom. The molecule has 3 aromatic rings. The number of nitrogens with zero attached hydrogens (tertiary/aromatic N) is 3. The van der Waals surface area contributed by atoms with Crippen molar-refractivity contribution in [2.45, 2.75) is 50.4 Å². The molecule has 2 amide bonds. The van der Waals surface area contributed by atoms with E-state index in [0.717, 1.165) is 25.0 Å². The number of carboxylic acids is 1. The van der Waals surface area contributed by atoms with Gasteiger partial charge in [-0.05, 0) is 43.9 Å². The number of carbonyl (C=O) groups excluding carboxylic acids is 2. The van der Waals surface area contributed by atoms with Crippen LogP contribution in [-0.4, -0.2) is 84.4 Å². The number of aliphatic hydroxyl groups is 1. The van der Waals surface area contributed by atoms with Crippen LogP contribution in [0.15, 0.2) is 35.3 Å². The monoisotopic (exact) mass is 656 g/mol. The number of nitrogens with one attached hydrogen (secondary N) is 1. The molecule has 15 heteroatoms. The molecule has 1 unspecified atom stereocenters. The maximum atomic E-state index is 15.7. The highest BCUT2D eigenvalue weighted by Gasteiger charge is 2.37. The van der Waals surface area contributed by atoms with Gasteiger partial charge < -0.3 is 39.2 Å². The van der Waals surface area contributed by atoms with Crippen LogP contribution in [0.3, 0.4) is 0 Å². The third-order valence-corrected chi connectivity index (χ3v) is 8.76. The lowest BCUT2D eigenvalue weighted by molar-refractivity contribution is -0.119. The van der Waals surface area contributed by atoms with Gasteiger partial charge in [0.15, 0.2) is 23.1 Å². The summed E-state index contributed by atoms with van der Waals surface area (Å²) in [5.41, 5.74) is -1.96. The number of aromatic carboxylic acids is 1. The third-order valence-electron chi connectivity index (χ3n) is 8.76. The van der Waals surface area contributed by atoms with E-state index >= 15 is 8.78 Å². The van der Waals surface area contributed by atoms with Crippen LogP contribution in [0.2, 0.25) is 0 Å². The number of aromatic nitrogens is 1. The molecule has 3 fully saturated rings. The number of rotatable bonds is 10. The van der Waals surface area contributed by atoms with E-state index in [-0.39, 0.29) is 85.8 Å². The summed E-state index contributed by atoms with van der Waals surface area (Å²) < 4.78 is 48.9. The summed E-state index contributed by atoms with van der Waals surface area (Å²) in [6.07, 6.45) is 1.85. The number of carboxylic acid groups (broad SMARTS) is 1. The van der Waals surface area contributed by atoms with E-state index in [1.807, 2.05) is 0 Å². The largest absolute Gasteiger partial charge is 0.492 e. The molecule has 0 spiro atoms. The van der Waals surface area contributed by atoms with Gasteiger partial charge in [0.2, 0.25) is 11.3 Å². The van der Waals surface area contributed by atoms with Crippen molar-refractivity contribution in [2.75, 3.05) is 49.7 Å². The molecule has 2 aromatic carbocycles. The number of benzene rings is 2. The molecule has 47 heavy (non-hydrogen) atoms. The fourth-order valence-electron chi connectivity index (χ4n) is 6.10. The van der Waals surface area contributed by atoms with Gasteiger partial charge in [-0.3, -0.25) is 14.5 Å². The van der Waals surface area contributed by atoms with E-state index in [1.165, 1.54) is 37.3 Å². The van der Waals surface area contributed by atoms with E-state index < -0.39 is 46.4 Å². The summed E-state index contributed by atoms with van der Waals surface area (Å²) in [5.74, 6) is -3.20. The Bertz CT molecular complexity index is 1820. The standard InChI is InChI=1S/C32H34F2N4O9/c1-17(39)35-13-20-14-38(31(43)47-20)19-5-6-25(23(33)11-19)46-16-32(44)7-9-36(10-8-32)27-24(34)12-21-26(29(27)45-2)37(18-3-4-18)15-22(28(21)40)30(41)42/h5-6,11-12,15,18,20,44H,3-4,7-10,13-14,16H2,1-2H3,(H,35,39)(H,41,42). The van der Waals surface area contributed by atoms with Crippen LogP contribution in [0.4, 0.5) is 25.0 Å². The van der Waals surface area contributed by atoms with Crippen LogP contribution in [-0.2, 0) is 9.53 Å². The van der Waals surface area contributed by atoms with E-state index in [0.29, 0.717) is 5.52 Å². The fraction of sp³-hybridized carbons (Fsp3) is 0.438. The molecular formula is C32H34F2N4O9. The summed E-state index contributed by atoms with van der Waals surface area (Å²) in [6, 6.07) is 4.96. The number of anilines is 2. The number of hydrogen-bond donors (Lipinski definition) is 3. The summed E-state index contributed by atoms with van der Waals surface area (Å²) >= 11 is 0. The predicted molar refractivity (Wildman–Crippen MR) is 165 cm³/mol. The number of methoxy groups -OCH3 is 1. The Morgan fingerprint density at radius 3 is 2.47 bits per heavy atom. The third kappa shape index (κ3) is 6.26. The van der Waals surface area contributed by atoms with Crippen molar-refractivity contribution in [1.29, 1.82) is 0 Å². The van der Waals surface area contributed by atoms with Crippen LogP contribution < -0.4 is 30.0 Å². The molecular weight excluding hydrogens is 622 g/mol. The second kappa shape index (κ2) is 12.4. The zero-order valence-corrected chi connectivity index (χ0v) is 25.8. The highest BCUT2D eigenvalue weighted by Crippen LogP contribution is 2.44. The van der Waals surface area contributed by atoms with Crippen molar-refractivity contribution >= 4 is 40.2 Å². The van der Waals surface area contributed by atoms with Crippen LogP contribution >= 0.6 is 0 Å². The minimum absolute atomic E-state index is 0.0439. The second-order valence-electron chi connectivity index (χ2n) is 12.1. The molecule has 3 N–H and O–H groups in total. The lowest BCUT2D eigenvalue weighted by Gasteiger charge is -2.39. The lowest BCUT2D eigenvalue weighted by atomic mass is 9.91. The summed E-state index contributed by atoms with van der Waals surface area (Å²) in [4.78, 5) is 51.1. The molecule has 2 saturated heterocycles. The Balaban J connectivity index is 1.15. The molecule has 0 bridgehead atoms. The highest BCUT2D eigenvalue weighted by atomic mass is 19.1. The number of amides is 2. The number of fused-ring (bicyclic) bond motifs is 1. The number of ether oxygens (including phenoxy) is 3. The number of cyclic esters (lactones) is 1. The number of pyridine rings is 1. The van der Waals surface area contributed by atoms with E-state index in [4.69, 9.17) is 14.2 Å². The first-order chi connectivity index (χ1) is 22.4. The molecule has 0 radical (unpaired) electrons. The number of hydrogen-bond acceptors (Lipinski definition) is 9. The van der Waals surface area contributed by atoms with Crippen molar-refractivity contribution in [3.05, 3.63) is 57.9 Å². The first kappa shape index (κ1) is 32.0. The van der Waals surface area contributed by atoms with Crippen molar-refractivity contribution in [2.24, 2.45) is 0 Å². The van der Waals surface area contributed by atoms with Gasteiger partial charge in [-0.2, -0.15) is 0 Å². The Morgan fingerprint density at radius 1 is 1.13 bits per heavy atom. The maximum Gasteiger partial charge on any atom is 0.414 e. The van der Waals surface area contributed by atoms with Gasteiger partial charge in [0.05, 0.1) is 36.8 Å². The SMILES string of the molecule is COc1c(N2CCC(O)(COc3ccc(N4CC(CNC(C)=O)OC4=O)cc3F)CC2)c(F)cc2c(=O)c(C(=O)O)cn(C3CC3)c12. The zero-order chi connectivity index (χ0) is 33.6. The molecule has 2 aliphatic heterocycles. The first-order valence-corrected chi connectivity index (χ1v) is 15.2. The minimum atomic E-state index is -1.40. The highest BCUT2D eigenvalue weighted by molar-refractivity contribution is 5.97. The topological polar surface area (TPSA) is 160 Å². The summed E-state index contributed by atoms with van der Waals surface area (Å²) in [7, 11) is 1.36. The normalized spacial score (nSPS) is 19.1. The predicted octanol–water partition coefficient (Wildman–Crippen LogP) is 3.19. The number of halogens is 2. The molecule has 1 aromatic heterocycles. The van der Waals surface area contributed by atoms with Gasteiger partial charge in [-0.25, -0.2) is 18.4 Å². The van der Waals surface area contributed by atoms with Gasteiger partial charge in [-0.15, -0.1) is 0 Å². The van der Waals surface area contributed by atoms with Crippen molar-refractivity contribution in [3.8, 4) is 11.5 Å². The van der Waals surface area contributed by atoms with Gasteiger partial charge in [0.25, 0.3) is 0 Å². The molecule has 1 atom stereocenters. The quantitative estimate of drug-likeness (QED) is 0.296.